The summed E-state index contributed by atoms with van der Waals surface area (Å²) in [5.74, 6) is 1.57. The largest absolute Gasteiger partial charge is 0.397 e. The van der Waals surface area contributed by atoms with E-state index in [1.165, 1.54) is 32.1 Å². The van der Waals surface area contributed by atoms with Crippen LogP contribution in [-0.4, -0.2) is 11.5 Å². The van der Waals surface area contributed by atoms with Gasteiger partial charge >= 0.3 is 0 Å². The van der Waals surface area contributed by atoms with E-state index in [0.717, 1.165) is 18.9 Å². The highest BCUT2D eigenvalue weighted by Gasteiger charge is 2.14. The number of nitrogens with two attached hydrogens (primary N) is 1. The fraction of sp³-hybridized carbons (Fsp3) is 0.571. The molecule has 3 N–H and O–H groups in total. The highest BCUT2D eigenvalue weighted by atomic mass is 15.0. The van der Waals surface area contributed by atoms with Gasteiger partial charge in [0.05, 0.1) is 17.4 Å². The summed E-state index contributed by atoms with van der Waals surface area (Å²) in [6.45, 7) is 0.877. The van der Waals surface area contributed by atoms with Crippen molar-refractivity contribution in [2.45, 2.75) is 38.5 Å². The van der Waals surface area contributed by atoms with E-state index in [0.29, 0.717) is 17.1 Å². The van der Waals surface area contributed by atoms with Crippen LogP contribution in [0.25, 0.3) is 0 Å². The molecular formula is C14H20N4. The van der Waals surface area contributed by atoms with Crippen LogP contribution in [-0.2, 0) is 0 Å². The molecule has 0 saturated heterocycles. The molecule has 4 nitrogen and oxygen atoms in total. The van der Waals surface area contributed by atoms with Gasteiger partial charge in [-0.1, -0.05) is 25.7 Å². The zero-order valence-electron chi connectivity index (χ0n) is 10.7. The Morgan fingerprint density at radius 1 is 1.44 bits per heavy atom. The molecule has 0 unspecified atom stereocenters. The lowest BCUT2D eigenvalue weighted by atomic mass is 10.0. The van der Waals surface area contributed by atoms with E-state index in [1.807, 2.05) is 0 Å². The Bertz CT molecular complexity index is 430. The number of aromatic nitrogens is 1. The molecule has 1 heterocycles. The van der Waals surface area contributed by atoms with Crippen LogP contribution >= 0.6 is 0 Å². The average Bonchev–Trinajstić information content (AvgIpc) is 2.89. The highest BCUT2D eigenvalue weighted by molar-refractivity contribution is 5.57. The van der Waals surface area contributed by atoms with E-state index < -0.39 is 0 Å². The summed E-state index contributed by atoms with van der Waals surface area (Å²) in [6, 6.07) is 3.77. The molecule has 1 aromatic heterocycles. The third-order valence-electron chi connectivity index (χ3n) is 3.59. The molecular weight excluding hydrogens is 224 g/mol. The normalized spacial score (nSPS) is 15.5. The topological polar surface area (TPSA) is 74.7 Å². The van der Waals surface area contributed by atoms with Gasteiger partial charge in [-0.15, -0.1) is 0 Å². The Morgan fingerprint density at radius 3 is 2.94 bits per heavy atom. The first kappa shape index (κ1) is 12.7. The lowest BCUT2D eigenvalue weighted by molar-refractivity contribution is 0.491. The minimum absolute atomic E-state index is 0.524. The Labute approximate surface area is 108 Å². The molecule has 0 aromatic carbocycles. The van der Waals surface area contributed by atoms with Crippen molar-refractivity contribution in [2.24, 2.45) is 5.92 Å². The summed E-state index contributed by atoms with van der Waals surface area (Å²) < 4.78 is 0. The van der Waals surface area contributed by atoms with Gasteiger partial charge < -0.3 is 11.1 Å². The molecule has 1 fully saturated rings. The summed E-state index contributed by atoms with van der Waals surface area (Å²) in [7, 11) is 0. The molecule has 1 aromatic rings. The number of nitrogens with one attached hydrogen (secondary N) is 1. The predicted molar refractivity (Wildman–Crippen MR) is 73.0 cm³/mol. The number of pyridine rings is 1. The lowest BCUT2D eigenvalue weighted by Crippen LogP contribution is -2.07. The monoisotopic (exact) mass is 244 g/mol. The van der Waals surface area contributed by atoms with Gasteiger partial charge in [0.25, 0.3) is 0 Å². The maximum Gasteiger partial charge on any atom is 0.144 e. The molecule has 0 aliphatic heterocycles. The molecule has 96 valence electrons. The van der Waals surface area contributed by atoms with Gasteiger partial charge in [-0.3, -0.25) is 0 Å². The van der Waals surface area contributed by atoms with E-state index in [4.69, 9.17) is 11.0 Å². The van der Waals surface area contributed by atoms with Crippen LogP contribution in [0.15, 0.2) is 12.3 Å². The van der Waals surface area contributed by atoms with Gasteiger partial charge in [0.1, 0.15) is 11.9 Å². The second-order valence-corrected chi connectivity index (χ2v) is 5.00. The van der Waals surface area contributed by atoms with Gasteiger partial charge in [0, 0.05) is 6.54 Å². The summed E-state index contributed by atoms with van der Waals surface area (Å²) in [6.07, 6.45) is 9.59. The van der Waals surface area contributed by atoms with E-state index in [1.54, 1.807) is 12.3 Å². The Kier molecular flexibility index (Phi) is 4.40. The molecule has 1 aliphatic carbocycles. The molecule has 0 bridgehead atoms. The maximum atomic E-state index is 8.99. The molecule has 0 radical (unpaired) electrons. The van der Waals surface area contributed by atoms with Crippen molar-refractivity contribution >= 4 is 11.5 Å². The van der Waals surface area contributed by atoms with Crippen molar-refractivity contribution < 1.29 is 0 Å². The van der Waals surface area contributed by atoms with Crippen LogP contribution in [0.2, 0.25) is 0 Å². The van der Waals surface area contributed by atoms with E-state index in [-0.39, 0.29) is 0 Å². The molecule has 0 amide bonds. The number of hydrogen-bond acceptors (Lipinski definition) is 4. The van der Waals surface area contributed by atoms with Crippen molar-refractivity contribution in [2.75, 3.05) is 17.6 Å². The van der Waals surface area contributed by atoms with Crippen molar-refractivity contribution in [1.29, 1.82) is 5.26 Å². The number of nitriles is 1. The van der Waals surface area contributed by atoms with Crippen molar-refractivity contribution in [1.82, 2.24) is 4.98 Å². The minimum atomic E-state index is 0.524. The van der Waals surface area contributed by atoms with Crippen LogP contribution < -0.4 is 11.1 Å². The smallest absolute Gasteiger partial charge is 0.144 e. The highest BCUT2D eigenvalue weighted by Crippen LogP contribution is 2.28. The predicted octanol–water partition coefficient (Wildman–Crippen LogP) is 2.92. The van der Waals surface area contributed by atoms with Gasteiger partial charge in [-0.25, -0.2) is 4.98 Å². The van der Waals surface area contributed by atoms with Crippen molar-refractivity contribution in [3.8, 4) is 6.07 Å². The van der Waals surface area contributed by atoms with Crippen LogP contribution in [0, 0.1) is 17.2 Å². The first-order valence-corrected chi connectivity index (χ1v) is 6.69. The molecule has 0 spiro atoms. The standard InChI is InChI=1S/C14H20N4/c15-9-12-8-13(16)10-18-14(12)17-7-3-6-11-4-1-2-5-11/h8,10-11H,1-7,16H2,(H,17,18). The minimum Gasteiger partial charge on any atom is -0.397 e. The van der Waals surface area contributed by atoms with Crippen LogP contribution in [0.4, 0.5) is 11.5 Å². The van der Waals surface area contributed by atoms with Gasteiger partial charge in [-0.05, 0) is 24.8 Å². The summed E-state index contributed by atoms with van der Waals surface area (Å²) >= 11 is 0. The third kappa shape index (κ3) is 3.36. The van der Waals surface area contributed by atoms with Crippen LogP contribution in [0.1, 0.15) is 44.1 Å². The van der Waals surface area contributed by atoms with Crippen molar-refractivity contribution in [3.05, 3.63) is 17.8 Å². The number of rotatable bonds is 5. The van der Waals surface area contributed by atoms with Gasteiger partial charge in [0.2, 0.25) is 0 Å². The van der Waals surface area contributed by atoms with E-state index in [9.17, 15) is 0 Å². The number of anilines is 2. The van der Waals surface area contributed by atoms with E-state index in [2.05, 4.69) is 16.4 Å². The zero-order valence-corrected chi connectivity index (χ0v) is 10.7. The second-order valence-electron chi connectivity index (χ2n) is 5.00. The SMILES string of the molecule is N#Cc1cc(N)cnc1NCCCC1CCCC1. The van der Waals surface area contributed by atoms with Gasteiger partial charge in [0.15, 0.2) is 0 Å². The maximum absolute atomic E-state index is 8.99. The Balaban J connectivity index is 1.77. The first-order chi connectivity index (χ1) is 8.79. The third-order valence-corrected chi connectivity index (χ3v) is 3.59. The zero-order chi connectivity index (χ0) is 12.8. The molecule has 0 atom stereocenters. The molecule has 1 aliphatic rings. The molecule has 4 heteroatoms. The summed E-state index contributed by atoms with van der Waals surface area (Å²) in [4.78, 5) is 4.16. The fourth-order valence-corrected chi connectivity index (χ4v) is 2.60. The first-order valence-electron chi connectivity index (χ1n) is 6.69. The molecule has 2 rings (SSSR count). The van der Waals surface area contributed by atoms with Crippen LogP contribution in [0.5, 0.6) is 0 Å². The number of nitrogens with zero attached hydrogens (tertiary/aromatic N) is 2. The van der Waals surface area contributed by atoms with Gasteiger partial charge in [-0.2, -0.15) is 5.26 Å². The Hall–Kier alpha value is -1.76. The number of nitrogen functional groups attached to an aromatic ring is 1. The van der Waals surface area contributed by atoms with Crippen LogP contribution in [0.3, 0.4) is 0 Å². The lowest BCUT2D eigenvalue weighted by Gasteiger charge is -2.10. The Morgan fingerprint density at radius 2 is 2.22 bits per heavy atom. The fourth-order valence-electron chi connectivity index (χ4n) is 2.60. The quantitative estimate of drug-likeness (QED) is 0.781. The van der Waals surface area contributed by atoms with E-state index >= 15 is 0 Å². The van der Waals surface area contributed by atoms with Crippen molar-refractivity contribution in [3.63, 3.8) is 0 Å². The summed E-state index contributed by atoms with van der Waals surface area (Å²) in [5.41, 5.74) is 6.65. The average molecular weight is 244 g/mol. The number of hydrogen-bond donors (Lipinski definition) is 2. The summed E-state index contributed by atoms with van der Waals surface area (Å²) in [5, 5.41) is 12.2. The molecule has 18 heavy (non-hydrogen) atoms. The second kappa shape index (κ2) is 6.25. The molecule has 1 saturated carbocycles.